The number of carbonyl (C=O) groups excluding carboxylic acids is 1. The molecule has 0 radical (unpaired) electrons. The lowest BCUT2D eigenvalue weighted by molar-refractivity contribution is 0.0963. The fourth-order valence-corrected chi connectivity index (χ4v) is 2.56. The van der Waals surface area contributed by atoms with Crippen molar-refractivity contribution in [3.63, 3.8) is 0 Å². The Balaban J connectivity index is 1.59. The first kappa shape index (κ1) is 17.0. The van der Waals surface area contributed by atoms with Crippen LogP contribution in [0.4, 0.5) is 6.01 Å². The van der Waals surface area contributed by atoms with Crippen LogP contribution in [0.2, 0.25) is 5.02 Å². The molecule has 2 aromatic carbocycles. The van der Waals surface area contributed by atoms with Crippen molar-refractivity contribution in [1.82, 2.24) is 15.5 Å². The minimum atomic E-state index is -0.0992. The summed E-state index contributed by atoms with van der Waals surface area (Å²) in [5.74, 6) is 0.379. The number of hydrogen-bond acceptors (Lipinski definition) is 5. The van der Waals surface area contributed by atoms with Crippen molar-refractivity contribution in [1.29, 1.82) is 0 Å². The summed E-state index contributed by atoms with van der Waals surface area (Å²) < 4.78 is 5.20. The van der Waals surface area contributed by atoms with Crippen LogP contribution in [0, 0.1) is 0 Å². The second-order valence-corrected chi connectivity index (χ2v) is 5.83. The molecule has 0 unspecified atom stereocenters. The molecule has 0 spiro atoms. The summed E-state index contributed by atoms with van der Waals surface area (Å²) in [4.78, 5) is 16.0. The van der Waals surface area contributed by atoms with Crippen LogP contribution in [0.25, 0.3) is 11.4 Å². The van der Waals surface area contributed by atoms with Crippen LogP contribution in [0.3, 0.4) is 0 Å². The van der Waals surface area contributed by atoms with Gasteiger partial charge in [0.05, 0.1) is 0 Å². The minimum Gasteiger partial charge on any atom is -0.355 e. The second kappa shape index (κ2) is 7.81. The van der Waals surface area contributed by atoms with Crippen molar-refractivity contribution in [2.45, 2.75) is 6.42 Å². The van der Waals surface area contributed by atoms with Crippen molar-refractivity contribution in [3.8, 4) is 11.4 Å². The van der Waals surface area contributed by atoms with E-state index < -0.39 is 0 Å². The zero-order valence-electron chi connectivity index (χ0n) is 13.6. The molecule has 0 aliphatic rings. The third-order valence-corrected chi connectivity index (χ3v) is 3.85. The fourth-order valence-electron chi connectivity index (χ4n) is 2.37. The molecule has 1 aromatic heterocycles. The maximum atomic E-state index is 11.7. The van der Waals surface area contributed by atoms with E-state index in [1.807, 2.05) is 30.3 Å². The van der Waals surface area contributed by atoms with Crippen LogP contribution in [-0.4, -0.2) is 29.6 Å². The third kappa shape index (κ3) is 4.36. The molecule has 6 nitrogen and oxygen atoms in total. The molecule has 3 aromatic rings. The van der Waals surface area contributed by atoms with E-state index in [1.54, 1.807) is 25.2 Å². The van der Waals surface area contributed by atoms with Crippen LogP contribution < -0.4 is 10.6 Å². The largest absolute Gasteiger partial charge is 0.355 e. The highest BCUT2D eigenvalue weighted by Gasteiger charge is 2.09. The zero-order valence-corrected chi connectivity index (χ0v) is 14.4. The molecule has 0 atom stereocenters. The van der Waals surface area contributed by atoms with Gasteiger partial charge in [-0.1, -0.05) is 41.0 Å². The minimum absolute atomic E-state index is 0.0992. The van der Waals surface area contributed by atoms with Crippen molar-refractivity contribution in [2.24, 2.45) is 0 Å². The Morgan fingerprint density at radius 1 is 1.20 bits per heavy atom. The summed E-state index contributed by atoms with van der Waals surface area (Å²) in [5.41, 5.74) is 2.48. The SMILES string of the molecule is CNC(=O)c1cccc(CCNc2nc(-c3cccc(Cl)c3)no2)c1. The number of amides is 1. The molecule has 2 N–H and O–H groups in total. The van der Waals surface area contributed by atoms with Gasteiger partial charge in [-0.15, -0.1) is 0 Å². The molecular formula is C18H17ClN4O2. The lowest BCUT2D eigenvalue weighted by Gasteiger charge is -2.04. The Bertz CT molecular complexity index is 879. The summed E-state index contributed by atoms with van der Waals surface area (Å²) in [6.45, 7) is 0.606. The van der Waals surface area contributed by atoms with Crippen LogP contribution in [0.5, 0.6) is 0 Å². The molecule has 0 saturated heterocycles. The highest BCUT2D eigenvalue weighted by Crippen LogP contribution is 2.21. The van der Waals surface area contributed by atoms with E-state index in [0.29, 0.717) is 29.0 Å². The zero-order chi connectivity index (χ0) is 17.6. The highest BCUT2D eigenvalue weighted by atomic mass is 35.5. The number of halogens is 1. The summed E-state index contributed by atoms with van der Waals surface area (Å²) >= 11 is 5.97. The van der Waals surface area contributed by atoms with Gasteiger partial charge in [0.2, 0.25) is 5.82 Å². The van der Waals surface area contributed by atoms with E-state index in [9.17, 15) is 4.79 Å². The lowest BCUT2D eigenvalue weighted by Crippen LogP contribution is -2.18. The van der Waals surface area contributed by atoms with Crippen molar-refractivity contribution in [3.05, 3.63) is 64.7 Å². The maximum Gasteiger partial charge on any atom is 0.321 e. The number of nitrogens with one attached hydrogen (secondary N) is 2. The summed E-state index contributed by atoms with van der Waals surface area (Å²) in [6, 6.07) is 15.1. The normalized spacial score (nSPS) is 10.5. The fraction of sp³-hybridized carbons (Fsp3) is 0.167. The van der Waals surface area contributed by atoms with Gasteiger partial charge in [-0.2, -0.15) is 4.98 Å². The smallest absolute Gasteiger partial charge is 0.321 e. The number of nitrogens with zero attached hydrogens (tertiary/aromatic N) is 2. The Kier molecular flexibility index (Phi) is 5.30. The molecule has 0 aliphatic carbocycles. The van der Waals surface area contributed by atoms with Crippen molar-refractivity contribution < 1.29 is 9.32 Å². The summed E-state index contributed by atoms with van der Waals surface area (Å²) in [5, 5.41) is 10.3. The van der Waals surface area contributed by atoms with Crippen LogP contribution in [-0.2, 0) is 6.42 Å². The Morgan fingerprint density at radius 3 is 2.84 bits per heavy atom. The number of benzene rings is 2. The first-order chi connectivity index (χ1) is 12.2. The Hall–Kier alpha value is -2.86. The number of aromatic nitrogens is 2. The molecule has 0 saturated carbocycles. The Labute approximate surface area is 150 Å². The topological polar surface area (TPSA) is 80.0 Å². The van der Waals surface area contributed by atoms with Gasteiger partial charge in [-0.25, -0.2) is 0 Å². The number of hydrogen-bond donors (Lipinski definition) is 2. The number of anilines is 1. The van der Waals surface area contributed by atoms with E-state index in [1.165, 1.54) is 0 Å². The standard InChI is InChI=1S/C18H17ClN4O2/c1-20-17(24)14-6-2-4-12(10-14)8-9-21-18-22-16(23-25-18)13-5-3-7-15(19)11-13/h2-7,10-11H,8-9H2,1H3,(H,20,24)(H,21,22,23). The van der Waals surface area contributed by atoms with Gasteiger partial charge in [-0.3, -0.25) is 4.79 Å². The maximum absolute atomic E-state index is 11.7. The van der Waals surface area contributed by atoms with E-state index in [2.05, 4.69) is 20.8 Å². The molecule has 0 aliphatic heterocycles. The van der Waals surface area contributed by atoms with Crippen molar-refractivity contribution >= 4 is 23.5 Å². The molecule has 7 heteroatoms. The monoisotopic (exact) mass is 356 g/mol. The molecule has 0 fully saturated rings. The van der Waals surface area contributed by atoms with Crippen LogP contribution in [0.15, 0.2) is 53.1 Å². The molecule has 1 heterocycles. The third-order valence-electron chi connectivity index (χ3n) is 3.61. The van der Waals surface area contributed by atoms with Crippen LogP contribution in [0.1, 0.15) is 15.9 Å². The summed E-state index contributed by atoms with van der Waals surface area (Å²) in [6.07, 6.45) is 0.722. The van der Waals surface area contributed by atoms with Crippen molar-refractivity contribution in [2.75, 3.05) is 18.9 Å². The number of carbonyl (C=O) groups is 1. The predicted octanol–water partition coefficient (Wildman–Crippen LogP) is 3.40. The first-order valence-corrected chi connectivity index (χ1v) is 8.18. The molecule has 0 bridgehead atoms. The molecule has 25 heavy (non-hydrogen) atoms. The van der Waals surface area contributed by atoms with E-state index >= 15 is 0 Å². The van der Waals surface area contributed by atoms with Gasteiger partial charge in [-0.05, 0) is 36.2 Å². The van der Waals surface area contributed by atoms with Gasteiger partial charge in [0.1, 0.15) is 0 Å². The van der Waals surface area contributed by atoms with Crippen LogP contribution >= 0.6 is 11.6 Å². The van der Waals surface area contributed by atoms with E-state index in [0.717, 1.165) is 17.5 Å². The van der Waals surface area contributed by atoms with Gasteiger partial charge < -0.3 is 15.2 Å². The quantitative estimate of drug-likeness (QED) is 0.707. The average molecular weight is 357 g/mol. The average Bonchev–Trinajstić information content (AvgIpc) is 3.10. The van der Waals surface area contributed by atoms with E-state index in [4.69, 9.17) is 16.1 Å². The van der Waals surface area contributed by atoms with Gasteiger partial charge in [0, 0.05) is 29.7 Å². The first-order valence-electron chi connectivity index (χ1n) is 7.80. The number of rotatable bonds is 6. The summed E-state index contributed by atoms with van der Waals surface area (Å²) in [7, 11) is 1.61. The Morgan fingerprint density at radius 2 is 2.04 bits per heavy atom. The van der Waals surface area contributed by atoms with Gasteiger partial charge in [0.25, 0.3) is 5.91 Å². The van der Waals surface area contributed by atoms with Gasteiger partial charge >= 0.3 is 6.01 Å². The predicted molar refractivity (Wildman–Crippen MR) is 96.8 cm³/mol. The molecule has 1 amide bonds. The molecule has 3 rings (SSSR count). The highest BCUT2D eigenvalue weighted by molar-refractivity contribution is 6.30. The molecular weight excluding hydrogens is 340 g/mol. The van der Waals surface area contributed by atoms with Gasteiger partial charge in [0.15, 0.2) is 0 Å². The molecule has 128 valence electrons. The lowest BCUT2D eigenvalue weighted by atomic mass is 10.1. The van der Waals surface area contributed by atoms with E-state index in [-0.39, 0.29) is 5.91 Å². The second-order valence-electron chi connectivity index (χ2n) is 5.39.